The van der Waals surface area contributed by atoms with Gasteiger partial charge in [0.05, 0.1) is 12.7 Å². The molecule has 3 nitrogen and oxygen atoms in total. The van der Waals surface area contributed by atoms with Gasteiger partial charge in [-0.25, -0.2) is 0 Å². The number of nitrogens with one attached hydrogen (secondary N) is 1. The van der Waals surface area contributed by atoms with Crippen LogP contribution in [0.15, 0.2) is 24.3 Å². The van der Waals surface area contributed by atoms with E-state index in [0.29, 0.717) is 19.2 Å². The second-order valence-corrected chi connectivity index (χ2v) is 4.08. The SMILES string of the molecule is CC1COC(c2cccc(OC(F)F)c2)CN1. The van der Waals surface area contributed by atoms with E-state index in [9.17, 15) is 8.78 Å². The van der Waals surface area contributed by atoms with Crippen LogP contribution in [0.25, 0.3) is 0 Å². The Hall–Kier alpha value is -1.20. The van der Waals surface area contributed by atoms with E-state index >= 15 is 0 Å². The number of alkyl halides is 2. The second-order valence-electron chi connectivity index (χ2n) is 4.08. The Bertz CT molecular complexity index is 365. The predicted molar refractivity (Wildman–Crippen MR) is 59.2 cm³/mol. The lowest BCUT2D eigenvalue weighted by Gasteiger charge is -2.28. The van der Waals surface area contributed by atoms with E-state index < -0.39 is 6.61 Å². The molecular formula is C12H15F2NO2. The Morgan fingerprint density at radius 2 is 2.29 bits per heavy atom. The molecule has 0 bridgehead atoms. The number of benzene rings is 1. The van der Waals surface area contributed by atoms with Gasteiger partial charge in [0.2, 0.25) is 0 Å². The zero-order chi connectivity index (χ0) is 12.3. The van der Waals surface area contributed by atoms with Crippen LogP contribution in [0, 0.1) is 0 Å². The van der Waals surface area contributed by atoms with Gasteiger partial charge in [-0.05, 0) is 24.6 Å². The van der Waals surface area contributed by atoms with E-state index in [-0.39, 0.29) is 11.9 Å². The maximum Gasteiger partial charge on any atom is 0.387 e. The molecule has 5 heteroatoms. The summed E-state index contributed by atoms with van der Waals surface area (Å²) in [5.41, 5.74) is 0.850. The number of halogens is 2. The molecule has 1 aromatic carbocycles. The fraction of sp³-hybridized carbons (Fsp3) is 0.500. The summed E-state index contributed by atoms with van der Waals surface area (Å²) in [6.07, 6.45) is -0.104. The third kappa shape index (κ3) is 3.38. The van der Waals surface area contributed by atoms with Crippen molar-refractivity contribution in [3.8, 4) is 5.75 Å². The van der Waals surface area contributed by atoms with Crippen LogP contribution in [0.4, 0.5) is 8.78 Å². The molecule has 1 heterocycles. The van der Waals surface area contributed by atoms with Crippen LogP contribution in [0.1, 0.15) is 18.6 Å². The molecule has 1 aliphatic heterocycles. The summed E-state index contributed by atoms with van der Waals surface area (Å²) in [5, 5.41) is 3.28. The molecule has 1 aliphatic rings. The zero-order valence-electron chi connectivity index (χ0n) is 9.53. The maximum absolute atomic E-state index is 12.1. The van der Waals surface area contributed by atoms with Gasteiger partial charge in [0, 0.05) is 12.6 Å². The minimum atomic E-state index is -2.80. The van der Waals surface area contributed by atoms with Crippen LogP contribution in [0.2, 0.25) is 0 Å². The van der Waals surface area contributed by atoms with Gasteiger partial charge in [0.25, 0.3) is 0 Å². The largest absolute Gasteiger partial charge is 0.435 e. The van der Waals surface area contributed by atoms with Gasteiger partial charge in [-0.15, -0.1) is 0 Å². The minimum Gasteiger partial charge on any atom is -0.435 e. The Morgan fingerprint density at radius 3 is 2.94 bits per heavy atom. The van der Waals surface area contributed by atoms with Gasteiger partial charge < -0.3 is 14.8 Å². The highest BCUT2D eigenvalue weighted by atomic mass is 19.3. The second kappa shape index (κ2) is 5.42. The first kappa shape index (κ1) is 12.3. The number of rotatable bonds is 3. The summed E-state index contributed by atoms with van der Waals surface area (Å²) < 4.78 is 34.1. The van der Waals surface area contributed by atoms with Crippen molar-refractivity contribution < 1.29 is 18.3 Å². The molecule has 0 radical (unpaired) electrons. The molecule has 0 saturated carbocycles. The van der Waals surface area contributed by atoms with E-state index in [1.54, 1.807) is 12.1 Å². The Kier molecular flexibility index (Phi) is 3.91. The van der Waals surface area contributed by atoms with E-state index in [0.717, 1.165) is 5.56 Å². The van der Waals surface area contributed by atoms with Crippen molar-refractivity contribution >= 4 is 0 Å². The molecule has 2 unspecified atom stereocenters. The van der Waals surface area contributed by atoms with Crippen molar-refractivity contribution in [1.29, 1.82) is 0 Å². The predicted octanol–water partition coefficient (Wildman–Crippen LogP) is 2.34. The molecule has 2 atom stereocenters. The lowest BCUT2D eigenvalue weighted by atomic mass is 10.1. The van der Waals surface area contributed by atoms with Crippen LogP contribution >= 0.6 is 0 Å². The average Bonchev–Trinajstić information content (AvgIpc) is 2.29. The highest BCUT2D eigenvalue weighted by Gasteiger charge is 2.20. The quantitative estimate of drug-likeness (QED) is 0.883. The standard InChI is InChI=1S/C12H15F2NO2/c1-8-7-16-11(6-15-8)9-3-2-4-10(5-9)17-12(13)14/h2-5,8,11-12,15H,6-7H2,1H3. The first-order chi connectivity index (χ1) is 8.15. The highest BCUT2D eigenvalue weighted by Crippen LogP contribution is 2.24. The molecule has 1 N–H and O–H groups in total. The molecule has 1 saturated heterocycles. The van der Waals surface area contributed by atoms with Crippen LogP contribution < -0.4 is 10.1 Å². The Labute approximate surface area is 98.7 Å². The first-order valence-corrected chi connectivity index (χ1v) is 5.55. The van der Waals surface area contributed by atoms with Crippen molar-refractivity contribution in [2.75, 3.05) is 13.2 Å². The molecular weight excluding hydrogens is 228 g/mol. The summed E-state index contributed by atoms with van der Waals surface area (Å²) in [6, 6.07) is 6.96. The number of ether oxygens (including phenoxy) is 2. The van der Waals surface area contributed by atoms with Crippen molar-refractivity contribution in [3.05, 3.63) is 29.8 Å². The molecule has 1 aromatic rings. The maximum atomic E-state index is 12.1. The van der Waals surface area contributed by atoms with Gasteiger partial charge in [-0.2, -0.15) is 8.78 Å². The van der Waals surface area contributed by atoms with Crippen LogP contribution in [0.3, 0.4) is 0 Å². The molecule has 94 valence electrons. The summed E-state index contributed by atoms with van der Waals surface area (Å²) in [4.78, 5) is 0. The van der Waals surface area contributed by atoms with E-state index in [1.165, 1.54) is 6.07 Å². The fourth-order valence-electron chi connectivity index (χ4n) is 1.79. The van der Waals surface area contributed by atoms with Gasteiger partial charge in [-0.1, -0.05) is 12.1 Å². The van der Waals surface area contributed by atoms with E-state index in [1.807, 2.05) is 13.0 Å². The zero-order valence-corrected chi connectivity index (χ0v) is 9.53. The monoisotopic (exact) mass is 243 g/mol. The fourth-order valence-corrected chi connectivity index (χ4v) is 1.79. The van der Waals surface area contributed by atoms with Crippen LogP contribution in [0.5, 0.6) is 5.75 Å². The van der Waals surface area contributed by atoms with Crippen LogP contribution in [-0.4, -0.2) is 25.8 Å². The topological polar surface area (TPSA) is 30.5 Å². The number of hydrogen-bond donors (Lipinski definition) is 1. The van der Waals surface area contributed by atoms with Crippen molar-refractivity contribution in [2.24, 2.45) is 0 Å². The summed E-state index contributed by atoms with van der Waals surface area (Å²) >= 11 is 0. The summed E-state index contributed by atoms with van der Waals surface area (Å²) in [6.45, 7) is 0.534. The summed E-state index contributed by atoms with van der Waals surface area (Å²) in [5.74, 6) is 0.166. The van der Waals surface area contributed by atoms with Crippen molar-refractivity contribution in [3.63, 3.8) is 0 Å². The molecule has 0 aromatic heterocycles. The lowest BCUT2D eigenvalue weighted by molar-refractivity contribution is -0.0502. The highest BCUT2D eigenvalue weighted by molar-refractivity contribution is 5.30. The number of morpholine rings is 1. The average molecular weight is 243 g/mol. The molecule has 2 rings (SSSR count). The van der Waals surface area contributed by atoms with E-state index in [4.69, 9.17) is 4.74 Å². The van der Waals surface area contributed by atoms with Crippen molar-refractivity contribution in [2.45, 2.75) is 25.7 Å². The molecule has 0 spiro atoms. The van der Waals surface area contributed by atoms with Crippen molar-refractivity contribution in [1.82, 2.24) is 5.32 Å². The molecule has 1 fully saturated rings. The first-order valence-electron chi connectivity index (χ1n) is 5.55. The molecule has 17 heavy (non-hydrogen) atoms. The minimum absolute atomic E-state index is 0.104. The normalized spacial score (nSPS) is 24.9. The van der Waals surface area contributed by atoms with Gasteiger partial charge >= 0.3 is 6.61 Å². The third-order valence-electron chi connectivity index (χ3n) is 2.65. The summed E-state index contributed by atoms with van der Waals surface area (Å²) in [7, 11) is 0. The van der Waals surface area contributed by atoms with Gasteiger partial charge in [0.1, 0.15) is 5.75 Å². The third-order valence-corrected chi connectivity index (χ3v) is 2.65. The number of hydrogen-bond acceptors (Lipinski definition) is 3. The van der Waals surface area contributed by atoms with E-state index in [2.05, 4.69) is 10.1 Å². The molecule has 0 amide bonds. The Morgan fingerprint density at radius 1 is 1.47 bits per heavy atom. The molecule has 0 aliphatic carbocycles. The smallest absolute Gasteiger partial charge is 0.387 e. The van der Waals surface area contributed by atoms with Crippen LogP contribution in [-0.2, 0) is 4.74 Å². The van der Waals surface area contributed by atoms with Gasteiger partial charge in [-0.3, -0.25) is 0 Å². The van der Waals surface area contributed by atoms with Gasteiger partial charge in [0.15, 0.2) is 0 Å². The lowest BCUT2D eigenvalue weighted by Crippen LogP contribution is -2.40. The Balaban J connectivity index is 2.05.